The fourth-order valence-electron chi connectivity index (χ4n) is 4.88. The second-order valence-corrected chi connectivity index (χ2v) is 8.09. The van der Waals surface area contributed by atoms with Gasteiger partial charge >= 0.3 is 0 Å². The first-order valence-electron chi connectivity index (χ1n) is 7.63. The van der Waals surface area contributed by atoms with Gasteiger partial charge in [-0.3, -0.25) is 0 Å². The molecule has 0 aliphatic heterocycles. The van der Waals surface area contributed by atoms with E-state index in [1.54, 1.807) is 6.42 Å². The van der Waals surface area contributed by atoms with Crippen LogP contribution in [0.15, 0.2) is 0 Å². The third-order valence-electron chi connectivity index (χ3n) is 6.96. The van der Waals surface area contributed by atoms with Gasteiger partial charge in [0, 0.05) is 0 Å². The number of hydrogen-bond acceptors (Lipinski definition) is 1. The minimum atomic E-state index is 0.550. The molecule has 98 valence electrons. The summed E-state index contributed by atoms with van der Waals surface area (Å²) in [4.78, 5) is 0. The van der Waals surface area contributed by atoms with Crippen molar-refractivity contribution in [1.29, 1.82) is 0 Å². The summed E-state index contributed by atoms with van der Waals surface area (Å²) in [5.41, 5.74) is 1.10. The third kappa shape index (κ3) is 1.77. The van der Waals surface area contributed by atoms with E-state index in [0.29, 0.717) is 10.8 Å². The maximum absolute atomic E-state index is 3.79. The minimum absolute atomic E-state index is 0.550. The molecule has 1 N–H and O–H groups in total. The molecule has 3 aliphatic rings. The molecule has 3 unspecified atom stereocenters. The van der Waals surface area contributed by atoms with E-state index >= 15 is 0 Å². The minimum Gasteiger partial charge on any atom is -0.316 e. The molecule has 3 fully saturated rings. The monoisotopic (exact) mass is 235 g/mol. The van der Waals surface area contributed by atoms with Crippen LogP contribution in [0.1, 0.15) is 53.4 Å². The first-order valence-corrected chi connectivity index (χ1v) is 7.63. The predicted molar refractivity (Wildman–Crippen MR) is 72.9 cm³/mol. The summed E-state index contributed by atoms with van der Waals surface area (Å²) in [5.74, 6) is 4.07. The van der Waals surface area contributed by atoms with Gasteiger partial charge in [0.05, 0.1) is 0 Å². The highest BCUT2D eigenvalue weighted by atomic mass is 14.9. The highest BCUT2D eigenvalue weighted by molar-refractivity contribution is 5.12. The predicted octanol–water partition coefficient (Wildman–Crippen LogP) is 3.69. The van der Waals surface area contributed by atoms with Crippen molar-refractivity contribution in [2.24, 2.45) is 34.5 Å². The summed E-state index contributed by atoms with van der Waals surface area (Å²) in [7, 11) is 0. The van der Waals surface area contributed by atoms with Crippen LogP contribution in [0.2, 0.25) is 0 Å². The van der Waals surface area contributed by atoms with Crippen LogP contribution < -0.4 is 5.32 Å². The zero-order valence-electron chi connectivity index (χ0n) is 12.1. The maximum Gasteiger partial charge on any atom is -0.000977 e. The van der Waals surface area contributed by atoms with Gasteiger partial charge in [0.1, 0.15) is 0 Å². The molecule has 0 amide bonds. The lowest BCUT2D eigenvalue weighted by molar-refractivity contribution is 0.314. The van der Waals surface area contributed by atoms with Gasteiger partial charge in [-0.15, -0.1) is 0 Å². The smallest absolute Gasteiger partial charge is 0.000977 e. The van der Waals surface area contributed by atoms with Crippen molar-refractivity contribution in [3.63, 3.8) is 0 Å². The molecule has 0 heterocycles. The van der Waals surface area contributed by atoms with Gasteiger partial charge in [0.15, 0.2) is 0 Å². The van der Waals surface area contributed by atoms with E-state index in [1.165, 1.54) is 32.4 Å². The summed E-state index contributed by atoms with van der Waals surface area (Å²) in [6, 6.07) is 0. The molecule has 0 aromatic rings. The van der Waals surface area contributed by atoms with Gasteiger partial charge in [-0.25, -0.2) is 0 Å². The van der Waals surface area contributed by atoms with Gasteiger partial charge in [-0.2, -0.15) is 0 Å². The Kier molecular flexibility index (Phi) is 2.63. The molecule has 0 aromatic heterocycles. The van der Waals surface area contributed by atoms with E-state index in [2.05, 4.69) is 33.0 Å². The Morgan fingerprint density at radius 3 is 2.12 bits per heavy atom. The first-order chi connectivity index (χ1) is 7.93. The van der Waals surface area contributed by atoms with Crippen molar-refractivity contribution in [3.8, 4) is 0 Å². The van der Waals surface area contributed by atoms with Crippen LogP contribution in [0, 0.1) is 34.5 Å². The molecule has 0 spiro atoms. The molecule has 2 bridgehead atoms. The Hall–Kier alpha value is -0.0400. The summed E-state index contributed by atoms with van der Waals surface area (Å²) in [6.45, 7) is 12.2. The summed E-state index contributed by atoms with van der Waals surface area (Å²) in [6.07, 6.45) is 6.13. The first kappa shape index (κ1) is 12.0. The third-order valence-corrected chi connectivity index (χ3v) is 6.96. The summed E-state index contributed by atoms with van der Waals surface area (Å²) >= 11 is 0. The number of rotatable bonds is 4. The summed E-state index contributed by atoms with van der Waals surface area (Å²) < 4.78 is 0. The average molecular weight is 235 g/mol. The van der Waals surface area contributed by atoms with Gasteiger partial charge in [0.2, 0.25) is 0 Å². The molecule has 1 heteroatoms. The highest BCUT2D eigenvalue weighted by Gasteiger charge is 2.63. The largest absolute Gasteiger partial charge is 0.316 e. The standard InChI is InChI=1S/C16H29N/c1-15(2)14(16(15,3)4)10-17-9-13-8-11-5-6-12(13)7-11/h11-14,17H,5-10H2,1-4H3. The van der Waals surface area contributed by atoms with Crippen LogP contribution in [0.4, 0.5) is 0 Å². The molecule has 0 saturated heterocycles. The molecule has 3 aliphatic carbocycles. The second-order valence-electron chi connectivity index (χ2n) is 8.09. The van der Waals surface area contributed by atoms with Crippen LogP contribution >= 0.6 is 0 Å². The normalized spacial score (nSPS) is 42.0. The molecule has 17 heavy (non-hydrogen) atoms. The highest BCUT2D eigenvalue weighted by Crippen LogP contribution is 2.67. The van der Waals surface area contributed by atoms with E-state index in [4.69, 9.17) is 0 Å². The van der Waals surface area contributed by atoms with Gasteiger partial charge in [-0.05, 0) is 66.9 Å². The number of fused-ring (bicyclic) bond motifs is 2. The van der Waals surface area contributed by atoms with Crippen molar-refractivity contribution in [1.82, 2.24) is 5.32 Å². The van der Waals surface area contributed by atoms with Crippen LogP contribution in [0.25, 0.3) is 0 Å². The second kappa shape index (κ2) is 3.73. The lowest BCUT2D eigenvalue weighted by atomic mass is 9.89. The quantitative estimate of drug-likeness (QED) is 0.783. The fraction of sp³-hybridized carbons (Fsp3) is 1.00. The molecule has 1 nitrogen and oxygen atoms in total. The van der Waals surface area contributed by atoms with E-state index in [0.717, 1.165) is 23.7 Å². The Balaban J connectivity index is 1.42. The Bertz CT molecular complexity index is 291. The van der Waals surface area contributed by atoms with E-state index in [-0.39, 0.29) is 0 Å². The van der Waals surface area contributed by atoms with Crippen LogP contribution in [0.3, 0.4) is 0 Å². The summed E-state index contributed by atoms with van der Waals surface area (Å²) in [5, 5.41) is 3.79. The number of hydrogen-bond donors (Lipinski definition) is 1. The molecular weight excluding hydrogens is 206 g/mol. The zero-order valence-corrected chi connectivity index (χ0v) is 12.1. The van der Waals surface area contributed by atoms with Gasteiger partial charge < -0.3 is 5.32 Å². The molecule has 0 radical (unpaired) electrons. The fourth-order valence-corrected chi connectivity index (χ4v) is 4.88. The molecule has 0 aromatic carbocycles. The van der Waals surface area contributed by atoms with Crippen LogP contribution in [-0.2, 0) is 0 Å². The number of nitrogens with one attached hydrogen (secondary N) is 1. The van der Waals surface area contributed by atoms with E-state index in [1.807, 2.05) is 0 Å². The molecule has 3 saturated carbocycles. The lowest BCUT2D eigenvalue weighted by Crippen LogP contribution is -2.29. The Labute approximate surface area is 107 Å². The van der Waals surface area contributed by atoms with Crippen LogP contribution in [0.5, 0.6) is 0 Å². The zero-order chi connectivity index (χ0) is 12.3. The van der Waals surface area contributed by atoms with Crippen molar-refractivity contribution in [3.05, 3.63) is 0 Å². The van der Waals surface area contributed by atoms with Gasteiger partial charge in [0.25, 0.3) is 0 Å². The maximum atomic E-state index is 3.79. The van der Waals surface area contributed by atoms with E-state index in [9.17, 15) is 0 Å². The van der Waals surface area contributed by atoms with Crippen molar-refractivity contribution in [2.75, 3.05) is 13.1 Å². The van der Waals surface area contributed by atoms with Crippen molar-refractivity contribution in [2.45, 2.75) is 53.4 Å². The van der Waals surface area contributed by atoms with Crippen molar-refractivity contribution < 1.29 is 0 Å². The Morgan fingerprint density at radius 2 is 1.65 bits per heavy atom. The molecule has 3 atom stereocenters. The Morgan fingerprint density at radius 1 is 0.941 bits per heavy atom. The topological polar surface area (TPSA) is 12.0 Å². The van der Waals surface area contributed by atoms with Crippen LogP contribution in [-0.4, -0.2) is 13.1 Å². The SMILES string of the molecule is CC1(C)C(CNCC2CC3CCC2C3)C1(C)C. The average Bonchev–Trinajstić information content (AvgIpc) is 2.75. The van der Waals surface area contributed by atoms with Crippen molar-refractivity contribution >= 4 is 0 Å². The lowest BCUT2D eigenvalue weighted by Gasteiger charge is -2.22. The van der Waals surface area contributed by atoms with E-state index < -0.39 is 0 Å². The molecular formula is C16H29N. The van der Waals surface area contributed by atoms with Gasteiger partial charge in [-0.1, -0.05) is 34.1 Å². The molecule has 3 rings (SSSR count).